The Morgan fingerprint density at radius 3 is 2.89 bits per heavy atom. The second-order valence-electron chi connectivity index (χ2n) is 3.61. The first-order valence-corrected chi connectivity index (χ1v) is 6.15. The molecule has 0 radical (unpaired) electrons. The van der Waals surface area contributed by atoms with E-state index < -0.39 is 0 Å². The predicted molar refractivity (Wildman–Crippen MR) is 78.5 cm³/mol. The van der Waals surface area contributed by atoms with Crippen LogP contribution in [0.2, 0.25) is 0 Å². The highest BCUT2D eigenvalue weighted by Crippen LogP contribution is 2.12. The lowest BCUT2D eigenvalue weighted by Crippen LogP contribution is -2.05. The van der Waals surface area contributed by atoms with Crippen LogP contribution in [0.25, 0.3) is 6.08 Å². The SMILES string of the molecule is C=Cc1ccccc1CNc1n[nH][nH]c(=S)c1=S. The Balaban J connectivity index is 2.22. The van der Waals surface area contributed by atoms with Gasteiger partial charge in [-0.05, 0) is 11.1 Å². The van der Waals surface area contributed by atoms with Crippen molar-refractivity contribution in [3.63, 3.8) is 0 Å². The number of rotatable bonds is 4. The van der Waals surface area contributed by atoms with E-state index in [1.165, 1.54) is 0 Å². The highest BCUT2D eigenvalue weighted by molar-refractivity contribution is 7.74. The minimum Gasteiger partial charge on any atom is -0.363 e. The maximum absolute atomic E-state index is 5.17. The lowest BCUT2D eigenvalue weighted by Gasteiger charge is -2.08. The Hall–Kier alpha value is -1.79. The van der Waals surface area contributed by atoms with Crippen molar-refractivity contribution in [2.45, 2.75) is 6.54 Å². The number of hydrogen-bond acceptors (Lipinski definition) is 4. The van der Waals surface area contributed by atoms with Crippen molar-refractivity contribution < 1.29 is 0 Å². The van der Waals surface area contributed by atoms with Crippen molar-refractivity contribution in [2.75, 3.05) is 5.32 Å². The molecule has 0 unspecified atom stereocenters. The zero-order chi connectivity index (χ0) is 13.0. The third kappa shape index (κ3) is 2.72. The second kappa shape index (κ2) is 5.70. The monoisotopic (exact) mass is 276 g/mol. The van der Waals surface area contributed by atoms with Crippen LogP contribution in [-0.2, 0) is 6.54 Å². The molecule has 92 valence electrons. The number of nitrogens with one attached hydrogen (secondary N) is 3. The highest BCUT2D eigenvalue weighted by Gasteiger charge is 2.01. The van der Waals surface area contributed by atoms with E-state index in [0.29, 0.717) is 21.5 Å². The largest absolute Gasteiger partial charge is 0.363 e. The van der Waals surface area contributed by atoms with E-state index in [0.717, 1.165) is 11.1 Å². The number of H-pyrrole nitrogens is 2. The molecule has 6 heteroatoms. The lowest BCUT2D eigenvalue weighted by molar-refractivity contribution is 0.849. The van der Waals surface area contributed by atoms with Crippen LogP contribution in [0.4, 0.5) is 5.82 Å². The predicted octanol–water partition coefficient (Wildman–Crippen LogP) is 3.45. The first kappa shape index (κ1) is 12.7. The Bertz CT molecular complexity index is 672. The fourth-order valence-corrected chi connectivity index (χ4v) is 1.85. The van der Waals surface area contributed by atoms with Crippen LogP contribution in [0.1, 0.15) is 11.1 Å². The Morgan fingerprint density at radius 2 is 2.11 bits per heavy atom. The second-order valence-corrected chi connectivity index (χ2v) is 4.43. The zero-order valence-corrected chi connectivity index (χ0v) is 11.2. The van der Waals surface area contributed by atoms with Crippen LogP contribution in [-0.4, -0.2) is 15.4 Å². The summed E-state index contributed by atoms with van der Waals surface area (Å²) in [5.41, 5.74) is 2.21. The van der Waals surface area contributed by atoms with Gasteiger partial charge in [-0.2, -0.15) is 0 Å². The summed E-state index contributed by atoms with van der Waals surface area (Å²) in [6.07, 6.45) is 1.82. The van der Waals surface area contributed by atoms with Gasteiger partial charge in [0.15, 0.2) is 5.82 Å². The quantitative estimate of drug-likeness (QED) is 0.749. The van der Waals surface area contributed by atoms with Crippen LogP contribution in [0.15, 0.2) is 30.8 Å². The summed E-state index contributed by atoms with van der Waals surface area (Å²) in [5, 5.41) is 12.5. The van der Waals surface area contributed by atoms with E-state index in [9.17, 15) is 0 Å². The number of hydrogen-bond donors (Lipinski definition) is 3. The molecule has 0 bridgehead atoms. The average molecular weight is 276 g/mol. The Morgan fingerprint density at radius 1 is 1.33 bits per heavy atom. The van der Waals surface area contributed by atoms with Gasteiger partial charge >= 0.3 is 0 Å². The van der Waals surface area contributed by atoms with Gasteiger partial charge in [-0.15, -0.1) is 5.10 Å². The third-order valence-electron chi connectivity index (χ3n) is 2.48. The lowest BCUT2D eigenvalue weighted by atomic mass is 10.1. The van der Waals surface area contributed by atoms with Gasteiger partial charge in [-0.3, -0.25) is 5.10 Å². The van der Waals surface area contributed by atoms with Crippen molar-refractivity contribution in [3.8, 4) is 0 Å². The molecule has 1 aromatic carbocycles. The molecule has 0 fully saturated rings. The van der Waals surface area contributed by atoms with Crippen molar-refractivity contribution in [1.29, 1.82) is 0 Å². The number of aromatic nitrogens is 3. The van der Waals surface area contributed by atoms with Gasteiger partial charge in [0.25, 0.3) is 0 Å². The van der Waals surface area contributed by atoms with Crippen LogP contribution < -0.4 is 5.32 Å². The van der Waals surface area contributed by atoms with E-state index in [1.54, 1.807) is 0 Å². The van der Waals surface area contributed by atoms with Crippen molar-refractivity contribution in [3.05, 3.63) is 51.1 Å². The fourth-order valence-electron chi connectivity index (χ4n) is 1.54. The molecule has 0 saturated heterocycles. The molecule has 0 aliphatic carbocycles. The molecule has 1 aromatic heterocycles. The summed E-state index contributed by atoms with van der Waals surface area (Å²) >= 11 is 10.2. The molecule has 0 spiro atoms. The van der Waals surface area contributed by atoms with Crippen molar-refractivity contribution >= 4 is 36.3 Å². The minimum absolute atomic E-state index is 0.472. The number of aromatic amines is 2. The molecule has 1 heterocycles. The molecule has 2 aromatic rings. The van der Waals surface area contributed by atoms with E-state index >= 15 is 0 Å². The summed E-state index contributed by atoms with van der Waals surface area (Å²) in [6, 6.07) is 8.00. The first-order valence-electron chi connectivity index (χ1n) is 5.34. The molecule has 18 heavy (non-hydrogen) atoms. The molecule has 0 amide bonds. The molecule has 2 rings (SSSR count). The molecule has 0 saturated carbocycles. The summed E-state index contributed by atoms with van der Waals surface area (Å²) in [7, 11) is 0. The third-order valence-corrected chi connectivity index (χ3v) is 3.31. The van der Waals surface area contributed by atoms with E-state index in [-0.39, 0.29) is 0 Å². The van der Waals surface area contributed by atoms with Gasteiger partial charge in [-0.1, -0.05) is 61.4 Å². The van der Waals surface area contributed by atoms with E-state index in [2.05, 4.69) is 27.3 Å². The summed E-state index contributed by atoms with van der Waals surface area (Å²) < 4.78 is 0.986. The van der Waals surface area contributed by atoms with Gasteiger partial charge in [0, 0.05) is 6.54 Å². The standard InChI is InChI=1S/C12H12N4S2/c1-2-8-5-3-4-6-9(8)7-13-11-10(17)12(18)15-16-14-11/h2-6H,1,7H2,(H,16,17)(H2,13,14,15,18). The summed E-state index contributed by atoms with van der Waals surface area (Å²) in [4.78, 5) is 0. The number of anilines is 1. The summed E-state index contributed by atoms with van der Waals surface area (Å²) in [5.74, 6) is 0.576. The Labute approximate surface area is 115 Å². The van der Waals surface area contributed by atoms with Crippen molar-refractivity contribution in [2.24, 2.45) is 0 Å². The molecule has 0 atom stereocenters. The molecule has 3 N–H and O–H groups in total. The van der Waals surface area contributed by atoms with Gasteiger partial charge < -0.3 is 5.32 Å². The maximum atomic E-state index is 5.17. The molecule has 0 aliphatic rings. The van der Waals surface area contributed by atoms with Gasteiger partial charge in [0.1, 0.15) is 9.15 Å². The van der Waals surface area contributed by atoms with Crippen LogP contribution in [0, 0.1) is 9.15 Å². The van der Waals surface area contributed by atoms with Gasteiger partial charge in [-0.25, -0.2) is 5.21 Å². The van der Waals surface area contributed by atoms with Crippen molar-refractivity contribution in [1.82, 2.24) is 15.4 Å². The van der Waals surface area contributed by atoms with E-state index in [4.69, 9.17) is 24.4 Å². The molecular weight excluding hydrogens is 264 g/mol. The van der Waals surface area contributed by atoms with Gasteiger partial charge in [0.05, 0.1) is 0 Å². The fraction of sp³-hybridized carbons (Fsp3) is 0.0833. The normalized spacial score (nSPS) is 10.0. The number of nitrogens with zero attached hydrogens (tertiary/aromatic N) is 1. The minimum atomic E-state index is 0.472. The van der Waals surface area contributed by atoms with Gasteiger partial charge in [0.2, 0.25) is 0 Å². The number of benzene rings is 1. The molecule has 4 nitrogen and oxygen atoms in total. The van der Waals surface area contributed by atoms with Crippen LogP contribution >= 0.6 is 24.4 Å². The Kier molecular flexibility index (Phi) is 4.01. The molecule has 0 aliphatic heterocycles. The van der Waals surface area contributed by atoms with Crippen LogP contribution in [0.3, 0.4) is 0 Å². The summed E-state index contributed by atoms with van der Waals surface area (Å²) in [6.45, 7) is 4.40. The zero-order valence-electron chi connectivity index (χ0n) is 9.56. The first-order chi connectivity index (χ1) is 8.72. The van der Waals surface area contributed by atoms with E-state index in [1.807, 2.05) is 30.3 Å². The maximum Gasteiger partial charge on any atom is 0.169 e. The average Bonchev–Trinajstić information content (AvgIpc) is 2.41. The molecular formula is C12H12N4S2. The smallest absolute Gasteiger partial charge is 0.169 e. The topological polar surface area (TPSA) is 56.5 Å². The van der Waals surface area contributed by atoms with Crippen LogP contribution in [0.5, 0.6) is 0 Å². The highest BCUT2D eigenvalue weighted by atomic mass is 32.1.